The minimum atomic E-state index is -0.591. The van der Waals surface area contributed by atoms with E-state index in [1.165, 1.54) is 24.5 Å². The van der Waals surface area contributed by atoms with Crippen LogP contribution in [0.2, 0.25) is 0 Å². The number of esters is 1. The van der Waals surface area contributed by atoms with E-state index >= 15 is 0 Å². The summed E-state index contributed by atoms with van der Waals surface area (Å²) >= 11 is 0. The second-order valence-electron chi connectivity index (χ2n) is 6.14. The molecule has 142 valence electrons. The highest BCUT2D eigenvalue weighted by Crippen LogP contribution is 2.37. The van der Waals surface area contributed by atoms with E-state index in [2.05, 4.69) is 9.97 Å². The fourth-order valence-corrected chi connectivity index (χ4v) is 3.21. The van der Waals surface area contributed by atoms with E-state index in [9.17, 15) is 19.3 Å². The van der Waals surface area contributed by atoms with Gasteiger partial charge in [-0.05, 0) is 31.9 Å². The summed E-state index contributed by atoms with van der Waals surface area (Å²) < 4.78 is 19.2. The van der Waals surface area contributed by atoms with Gasteiger partial charge in [-0.1, -0.05) is 12.1 Å². The number of aromatic nitrogens is 2. The Kier molecular flexibility index (Phi) is 5.58. The molecule has 0 amide bonds. The summed E-state index contributed by atoms with van der Waals surface area (Å²) in [5.41, 5.74) is -0.345. The van der Waals surface area contributed by atoms with Crippen molar-refractivity contribution in [3.63, 3.8) is 0 Å². The number of ether oxygens (including phenoxy) is 1. The molecule has 0 aliphatic carbocycles. The van der Waals surface area contributed by atoms with Gasteiger partial charge < -0.3 is 9.64 Å². The molecule has 1 aliphatic heterocycles. The zero-order valence-electron chi connectivity index (χ0n) is 14.8. The standard InChI is InChI=1S/C18H19FN4O4/c1-2-27-18(24)12-7-9-22(10-8-12)17-16(23(25)26)15(20-11-21-17)13-5-3-4-6-14(13)19/h3-6,11-12H,2,7-10H2,1H3. The van der Waals surface area contributed by atoms with E-state index in [1.807, 2.05) is 0 Å². The number of anilines is 1. The summed E-state index contributed by atoms with van der Waals surface area (Å²) in [6.45, 7) is 2.90. The summed E-state index contributed by atoms with van der Waals surface area (Å²) in [6, 6.07) is 5.77. The van der Waals surface area contributed by atoms with Gasteiger partial charge in [-0.2, -0.15) is 0 Å². The lowest BCUT2D eigenvalue weighted by Gasteiger charge is -2.31. The molecular formula is C18H19FN4O4. The molecule has 0 bridgehead atoms. The van der Waals surface area contributed by atoms with Gasteiger partial charge in [0.1, 0.15) is 12.1 Å². The first-order chi connectivity index (χ1) is 13.0. The Morgan fingerprint density at radius 3 is 2.67 bits per heavy atom. The molecule has 1 fully saturated rings. The van der Waals surface area contributed by atoms with Gasteiger partial charge in [-0.25, -0.2) is 14.4 Å². The number of carbonyl (C=O) groups is 1. The molecule has 2 aromatic rings. The van der Waals surface area contributed by atoms with Gasteiger partial charge in [-0.15, -0.1) is 0 Å². The van der Waals surface area contributed by atoms with Crippen molar-refractivity contribution in [1.29, 1.82) is 0 Å². The van der Waals surface area contributed by atoms with Crippen LogP contribution in [0.25, 0.3) is 11.3 Å². The van der Waals surface area contributed by atoms with E-state index in [-0.39, 0.29) is 34.6 Å². The van der Waals surface area contributed by atoms with Crippen molar-refractivity contribution in [2.75, 3.05) is 24.6 Å². The summed E-state index contributed by atoms with van der Waals surface area (Å²) in [4.78, 5) is 32.8. The number of nitrogens with zero attached hydrogens (tertiary/aromatic N) is 4. The molecule has 0 radical (unpaired) electrons. The molecular weight excluding hydrogens is 355 g/mol. The molecule has 1 aliphatic rings. The first-order valence-corrected chi connectivity index (χ1v) is 8.68. The van der Waals surface area contributed by atoms with Crippen LogP contribution in [0, 0.1) is 21.8 Å². The van der Waals surface area contributed by atoms with Crippen LogP contribution in [0.15, 0.2) is 30.6 Å². The van der Waals surface area contributed by atoms with Gasteiger partial charge in [0.15, 0.2) is 5.69 Å². The van der Waals surface area contributed by atoms with Crippen molar-refractivity contribution in [3.05, 3.63) is 46.5 Å². The topological polar surface area (TPSA) is 98.5 Å². The van der Waals surface area contributed by atoms with Crippen molar-refractivity contribution in [2.24, 2.45) is 5.92 Å². The van der Waals surface area contributed by atoms with E-state index in [4.69, 9.17) is 4.74 Å². The second kappa shape index (κ2) is 8.07. The Morgan fingerprint density at radius 2 is 2.04 bits per heavy atom. The second-order valence-corrected chi connectivity index (χ2v) is 6.14. The van der Waals surface area contributed by atoms with Crippen LogP contribution in [0.1, 0.15) is 19.8 Å². The number of piperidine rings is 1. The van der Waals surface area contributed by atoms with Crippen molar-refractivity contribution < 1.29 is 18.8 Å². The fraction of sp³-hybridized carbons (Fsp3) is 0.389. The number of halogens is 1. The maximum absolute atomic E-state index is 14.2. The lowest BCUT2D eigenvalue weighted by molar-refractivity contribution is -0.383. The van der Waals surface area contributed by atoms with Crippen LogP contribution >= 0.6 is 0 Å². The van der Waals surface area contributed by atoms with Crippen molar-refractivity contribution in [1.82, 2.24) is 9.97 Å². The van der Waals surface area contributed by atoms with Crippen LogP contribution < -0.4 is 4.90 Å². The molecule has 8 nitrogen and oxygen atoms in total. The van der Waals surface area contributed by atoms with Gasteiger partial charge in [0.25, 0.3) is 0 Å². The molecule has 1 saturated heterocycles. The van der Waals surface area contributed by atoms with Gasteiger partial charge in [0.2, 0.25) is 5.82 Å². The first kappa shape index (κ1) is 18.7. The number of carbonyl (C=O) groups excluding carboxylic acids is 1. The van der Waals surface area contributed by atoms with Crippen LogP contribution in [0.5, 0.6) is 0 Å². The van der Waals surface area contributed by atoms with Gasteiger partial charge in [-0.3, -0.25) is 14.9 Å². The van der Waals surface area contributed by atoms with Crippen molar-refractivity contribution in [3.8, 4) is 11.3 Å². The van der Waals surface area contributed by atoms with Crippen LogP contribution in [-0.2, 0) is 9.53 Å². The predicted molar refractivity (Wildman–Crippen MR) is 95.7 cm³/mol. The lowest BCUT2D eigenvalue weighted by atomic mass is 9.97. The van der Waals surface area contributed by atoms with E-state index in [1.54, 1.807) is 17.9 Å². The molecule has 0 unspecified atom stereocenters. The molecule has 0 spiro atoms. The maximum atomic E-state index is 14.2. The van der Waals surface area contributed by atoms with Crippen LogP contribution in [-0.4, -0.2) is 40.6 Å². The van der Waals surface area contributed by atoms with Gasteiger partial charge in [0.05, 0.1) is 17.4 Å². The average Bonchev–Trinajstić information content (AvgIpc) is 2.68. The predicted octanol–water partition coefficient (Wildman–Crippen LogP) is 2.97. The normalized spacial score (nSPS) is 14.8. The first-order valence-electron chi connectivity index (χ1n) is 8.68. The van der Waals surface area contributed by atoms with Crippen molar-refractivity contribution in [2.45, 2.75) is 19.8 Å². The molecule has 27 heavy (non-hydrogen) atoms. The number of hydrogen-bond donors (Lipinski definition) is 0. The van der Waals surface area contributed by atoms with E-state index in [0.717, 1.165) is 0 Å². The lowest BCUT2D eigenvalue weighted by Crippen LogP contribution is -2.37. The molecule has 1 aromatic carbocycles. The Labute approximate surface area is 155 Å². The maximum Gasteiger partial charge on any atom is 0.337 e. The SMILES string of the molecule is CCOC(=O)C1CCN(c2ncnc(-c3ccccc3F)c2[N+](=O)[O-])CC1. The van der Waals surface area contributed by atoms with Gasteiger partial charge >= 0.3 is 11.7 Å². The molecule has 9 heteroatoms. The smallest absolute Gasteiger partial charge is 0.337 e. The monoisotopic (exact) mass is 374 g/mol. The molecule has 0 atom stereocenters. The molecule has 2 heterocycles. The minimum Gasteiger partial charge on any atom is -0.466 e. The summed E-state index contributed by atoms with van der Waals surface area (Å²) in [7, 11) is 0. The number of benzene rings is 1. The summed E-state index contributed by atoms with van der Waals surface area (Å²) in [5, 5.41) is 11.7. The third kappa shape index (κ3) is 3.86. The number of hydrogen-bond acceptors (Lipinski definition) is 7. The highest BCUT2D eigenvalue weighted by molar-refractivity contribution is 5.78. The Bertz CT molecular complexity index is 853. The largest absolute Gasteiger partial charge is 0.466 e. The van der Waals surface area contributed by atoms with E-state index in [0.29, 0.717) is 32.5 Å². The third-order valence-corrected chi connectivity index (χ3v) is 4.53. The van der Waals surface area contributed by atoms with Gasteiger partial charge in [0, 0.05) is 18.7 Å². The Hall–Kier alpha value is -3.10. The highest BCUT2D eigenvalue weighted by Gasteiger charge is 2.33. The fourth-order valence-electron chi connectivity index (χ4n) is 3.21. The number of rotatable bonds is 5. The molecule has 1 aromatic heterocycles. The third-order valence-electron chi connectivity index (χ3n) is 4.53. The van der Waals surface area contributed by atoms with Crippen LogP contribution in [0.3, 0.4) is 0 Å². The Morgan fingerprint density at radius 1 is 1.33 bits per heavy atom. The average molecular weight is 374 g/mol. The zero-order valence-corrected chi connectivity index (χ0v) is 14.8. The molecule has 3 rings (SSSR count). The summed E-state index contributed by atoms with van der Waals surface area (Å²) in [5.74, 6) is -0.934. The Balaban J connectivity index is 1.91. The number of nitro groups is 1. The molecule has 0 N–H and O–H groups in total. The molecule has 0 saturated carbocycles. The van der Waals surface area contributed by atoms with E-state index < -0.39 is 10.7 Å². The summed E-state index contributed by atoms with van der Waals surface area (Å²) in [6.07, 6.45) is 2.21. The minimum absolute atomic E-state index is 0.0502. The van der Waals surface area contributed by atoms with Crippen LogP contribution in [0.4, 0.5) is 15.9 Å². The van der Waals surface area contributed by atoms with Crippen molar-refractivity contribution >= 4 is 17.5 Å². The quantitative estimate of drug-likeness (QED) is 0.451. The highest BCUT2D eigenvalue weighted by atomic mass is 19.1. The zero-order chi connectivity index (χ0) is 19.4.